The lowest BCUT2D eigenvalue weighted by Gasteiger charge is -2.21. The van der Waals surface area contributed by atoms with Crippen LogP contribution in [0.25, 0.3) is 0 Å². The molecule has 0 amide bonds. The molecule has 0 N–H and O–H groups in total. The lowest BCUT2D eigenvalue weighted by atomic mass is 10.0. The SMILES string of the molecule is C[C@H]1OC(C)(C)O[C@H]1C1OC(=O)OC1/C=C/C=C/C#N. The Morgan fingerprint density at radius 3 is 2.55 bits per heavy atom. The van der Waals surface area contributed by atoms with Crippen molar-refractivity contribution < 1.29 is 23.7 Å². The Kier molecular flexibility index (Phi) is 4.12. The maximum atomic E-state index is 11.3. The van der Waals surface area contributed by atoms with Crippen LogP contribution in [0.15, 0.2) is 24.3 Å². The van der Waals surface area contributed by atoms with E-state index in [0.29, 0.717) is 0 Å². The standard InChI is InChI=1S/C14H17NO5/c1-9-11(20-14(2,3)19-9)12-10(17-13(16)18-12)7-5-4-6-8-15/h4-7,9-12H,1-3H3/b6-4+,7-5+/t9-,10?,11-,12?/m1/s1. The van der Waals surface area contributed by atoms with E-state index >= 15 is 0 Å². The van der Waals surface area contributed by atoms with Gasteiger partial charge in [0.25, 0.3) is 0 Å². The Labute approximate surface area is 117 Å². The molecule has 2 saturated heterocycles. The first-order valence-corrected chi connectivity index (χ1v) is 6.39. The van der Waals surface area contributed by atoms with Gasteiger partial charge in [0.1, 0.15) is 6.10 Å². The molecule has 6 nitrogen and oxygen atoms in total. The zero-order chi connectivity index (χ0) is 14.8. The molecule has 6 heteroatoms. The second kappa shape index (κ2) is 5.65. The summed E-state index contributed by atoms with van der Waals surface area (Å²) < 4.78 is 21.7. The zero-order valence-electron chi connectivity index (χ0n) is 11.6. The van der Waals surface area contributed by atoms with Gasteiger partial charge in [0.2, 0.25) is 0 Å². The number of allylic oxidation sites excluding steroid dienone is 3. The third kappa shape index (κ3) is 3.18. The van der Waals surface area contributed by atoms with Crippen LogP contribution in [-0.2, 0) is 18.9 Å². The molecule has 0 spiro atoms. The van der Waals surface area contributed by atoms with Gasteiger partial charge in [0.15, 0.2) is 18.0 Å². The van der Waals surface area contributed by atoms with Gasteiger partial charge < -0.3 is 18.9 Å². The highest BCUT2D eigenvalue weighted by Crippen LogP contribution is 2.34. The van der Waals surface area contributed by atoms with Crippen LogP contribution in [0.3, 0.4) is 0 Å². The molecule has 2 fully saturated rings. The van der Waals surface area contributed by atoms with E-state index in [1.807, 2.05) is 26.8 Å². The van der Waals surface area contributed by atoms with Crippen molar-refractivity contribution in [2.75, 3.05) is 0 Å². The van der Waals surface area contributed by atoms with E-state index < -0.39 is 30.3 Å². The number of nitriles is 1. The molecule has 2 rings (SSSR count). The Morgan fingerprint density at radius 1 is 1.20 bits per heavy atom. The Hall–Kier alpha value is -1.84. The Bertz CT molecular complexity index is 476. The van der Waals surface area contributed by atoms with Crippen molar-refractivity contribution in [2.45, 2.75) is 51.0 Å². The molecule has 2 heterocycles. The molecule has 2 aliphatic heterocycles. The molecule has 0 aromatic carbocycles. The van der Waals surface area contributed by atoms with Gasteiger partial charge in [0, 0.05) is 6.08 Å². The Balaban J connectivity index is 2.09. The zero-order valence-corrected chi connectivity index (χ0v) is 11.6. The molecule has 0 aliphatic carbocycles. The molecule has 0 aromatic heterocycles. The quantitative estimate of drug-likeness (QED) is 0.447. The number of ether oxygens (including phenoxy) is 4. The van der Waals surface area contributed by atoms with Crippen molar-refractivity contribution in [2.24, 2.45) is 0 Å². The number of hydrogen-bond donors (Lipinski definition) is 0. The summed E-state index contributed by atoms with van der Waals surface area (Å²) in [6, 6.07) is 1.87. The highest BCUT2D eigenvalue weighted by atomic mass is 16.8. The molecular formula is C14H17NO5. The predicted molar refractivity (Wildman–Crippen MR) is 68.5 cm³/mol. The lowest BCUT2D eigenvalue weighted by molar-refractivity contribution is -0.153. The van der Waals surface area contributed by atoms with Crippen LogP contribution in [0.5, 0.6) is 0 Å². The van der Waals surface area contributed by atoms with Crippen LogP contribution >= 0.6 is 0 Å². The van der Waals surface area contributed by atoms with Gasteiger partial charge in [-0.1, -0.05) is 12.2 Å². The topological polar surface area (TPSA) is 77.8 Å². The summed E-state index contributed by atoms with van der Waals surface area (Å²) in [7, 11) is 0. The smallest absolute Gasteiger partial charge is 0.424 e. The minimum absolute atomic E-state index is 0.213. The fourth-order valence-corrected chi connectivity index (χ4v) is 2.36. The number of rotatable bonds is 3. The monoisotopic (exact) mass is 279 g/mol. The first-order valence-electron chi connectivity index (χ1n) is 6.39. The largest absolute Gasteiger partial charge is 0.509 e. The fraction of sp³-hybridized carbons (Fsp3) is 0.571. The highest BCUT2D eigenvalue weighted by molar-refractivity contribution is 5.63. The maximum absolute atomic E-state index is 11.3. The van der Waals surface area contributed by atoms with Crippen LogP contribution in [0.4, 0.5) is 4.79 Å². The maximum Gasteiger partial charge on any atom is 0.509 e. The van der Waals surface area contributed by atoms with Gasteiger partial charge in [-0.2, -0.15) is 5.26 Å². The van der Waals surface area contributed by atoms with E-state index in [2.05, 4.69) is 0 Å². The molecule has 4 atom stereocenters. The minimum atomic E-state index is -0.727. The highest BCUT2D eigenvalue weighted by Gasteiger charge is 2.50. The van der Waals surface area contributed by atoms with Crippen molar-refractivity contribution in [1.29, 1.82) is 5.26 Å². The summed E-state index contributed by atoms with van der Waals surface area (Å²) in [5.41, 5.74) is 0. The fourth-order valence-electron chi connectivity index (χ4n) is 2.36. The second-order valence-corrected chi connectivity index (χ2v) is 5.09. The first kappa shape index (κ1) is 14.6. The van der Waals surface area contributed by atoms with E-state index in [9.17, 15) is 4.79 Å². The third-order valence-electron chi connectivity index (χ3n) is 3.05. The summed E-state index contributed by atoms with van der Waals surface area (Å²) in [4.78, 5) is 11.3. The molecular weight excluding hydrogens is 262 g/mol. The van der Waals surface area contributed by atoms with Crippen molar-refractivity contribution in [3.8, 4) is 6.07 Å². The van der Waals surface area contributed by atoms with E-state index in [4.69, 9.17) is 24.2 Å². The van der Waals surface area contributed by atoms with Crippen molar-refractivity contribution in [3.05, 3.63) is 24.3 Å². The van der Waals surface area contributed by atoms with Gasteiger partial charge in [-0.25, -0.2) is 4.79 Å². The molecule has 0 aromatic rings. The van der Waals surface area contributed by atoms with E-state index in [1.54, 1.807) is 18.2 Å². The normalized spacial score (nSPS) is 36.2. The molecule has 2 aliphatic rings. The number of hydrogen-bond acceptors (Lipinski definition) is 6. The average molecular weight is 279 g/mol. The van der Waals surface area contributed by atoms with E-state index in [1.165, 1.54) is 6.08 Å². The summed E-state index contributed by atoms with van der Waals surface area (Å²) in [6.07, 6.45) is 3.71. The van der Waals surface area contributed by atoms with Crippen LogP contribution in [-0.4, -0.2) is 36.4 Å². The second-order valence-electron chi connectivity index (χ2n) is 5.09. The molecule has 108 valence electrons. The number of nitrogens with zero attached hydrogens (tertiary/aromatic N) is 1. The van der Waals surface area contributed by atoms with Crippen LogP contribution in [0, 0.1) is 11.3 Å². The van der Waals surface area contributed by atoms with Crippen molar-refractivity contribution in [3.63, 3.8) is 0 Å². The summed E-state index contributed by atoms with van der Waals surface area (Å²) in [5, 5.41) is 8.40. The third-order valence-corrected chi connectivity index (χ3v) is 3.05. The molecule has 2 unspecified atom stereocenters. The molecule has 0 radical (unpaired) electrons. The first-order chi connectivity index (χ1) is 9.43. The van der Waals surface area contributed by atoms with Gasteiger partial charge in [0.05, 0.1) is 12.2 Å². The van der Waals surface area contributed by atoms with E-state index in [0.717, 1.165) is 0 Å². The van der Waals surface area contributed by atoms with Gasteiger partial charge in [-0.3, -0.25) is 0 Å². The molecule has 0 bridgehead atoms. The van der Waals surface area contributed by atoms with Crippen LogP contribution in [0.2, 0.25) is 0 Å². The molecule has 20 heavy (non-hydrogen) atoms. The number of cyclic esters (lactones) is 2. The predicted octanol–water partition coefficient (Wildman–Crippen LogP) is 2.07. The van der Waals surface area contributed by atoms with Gasteiger partial charge in [-0.15, -0.1) is 0 Å². The Morgan fingerprint density at radius 2 is 1.95 bits per heavy atom. The lowest BCUT2D eigenvalue weighted by Crippen LogP contribution is -2.40. The van der Waals surface area contributed by atoms with Crippen molar-refractivity contribution in [1.82, 2.24) is 0 Å². The van der Waals surface area contributed by atoms with E-state index in [-0.39, 0.29) is 6.10 Å². The summed E-state index contributed by atoms with van der Waals surface area (Å²) >= 11 is 0. The average Bonchev–Trinajstić information content (AvgIpc) is 2.84. The van der Waals surface area contributed by atoms with Gasteiger partial charge >= 0.3 is 6.16 Å². The summed E-state index contributed by atoms with van der Waals surface area (Å²) in [6.45, 7) is 5.48. The number of carbonyl (C=O) groups is 1. The van der Waals surface area contributed by atoms with Crippen LogP contribution in [0.1, 0.15) is 20.8 Å². The van der Waals surface area contributed by atoms with Crippen molar-refractivity contribution >= 4 is 6.16 Å². The van der Waals surface area contributed by atoms with Crippen LogP contribution < -0.4 is 0 Å². The number of carbonyl (C=O) groups excluding carboxylic acids is 1. The summed E-state index contributed by atoms with van der Waals surface area (Å²) in [5.74, 6) is -0.714. The minimum Gasteiger partial charge on any atom is -0.424 e. The molecule has 0 saturated carbocycles. The van der Waals surface area contributed by atoms with Gasteiger partial charge in [-0.05, 0) is 26.8 Å².